The van der Waals surface area contributed by atoms with E-state index < -0.39 is 5.82 Å². The maximum atomic E-state index is 13.6. The number of nitrogens with one attached hydrogen (secondary N) is 1. The minimum absolute atomic E-state index is 0.200. The highest BCUT2D eigenvalue weighted by Gasteiger charge is 2.10. The van der Waals surface area contributed by atoms with Crippen LogP contribution in [-0.2, 0) is 0 Å². The van der Waals surface area contributed by atoms with Crippen LogP contribution in [0.4, 0.5) is 10.1 Å². The number of carbonyl (C=O) groups excluding carboxylic acids is 1. The quantitative estimate of drug-likeness (QED) is 0.869. The SMILES string of the molecule is Cc1ccc(F)c(NC(=O)c2ccc(Br)c(C)c2)c1. The van der Waals surface area contributed by atoms with Crippen LogP contribution in [0.1, 0.15) is 21.5 Å². The highest BCUT2D eigenvalue weighted by molar-refractivity contribution is 9.10. The molecule has 1 amide bonds. The summed E-state index contributed by atoms with van der Waals surface area (Å²) in [5, 5.41) is 2.58. The first-order valence-electron chi connectivity index (χ1n) is 5.81. The second-order valence-electron chi connectivity index (χ2n) is 4.40. The van der Waals surface area contributed by atoms with Gasteiger partial charge in [-0.25, -0.2) is 4.39 Å². The molecule has 0 aliphatic rings. The molecule has 0 saturated carbocycles. The molecule has 2 aromatic rings. The molecule has 0 radical (unpaired) electrons. The predicted octanol–water partition coefficient (Wildman–Crippen LogP) is 4.46. The van der Waals surface area contributed by atoms with Crippen molar-refractivity contribution >= 4 is 27.5 Å². The molecule has 19 heavy (non-hydrogen) atoms. The largest absolute Gasteiger partial charge is 0.319 e. The summed E-state index contributed by atoms with van der Waals surface area (Å²) in [4.78, 5) is 12.0. The third-order valence-electron chi connectivity index (χ3n) is 2.79. The summed E-state index contributed by atoms with van der Waals surface area (Å²) in [5.74, 6) is -0.757. The molecule has 0 aromatic heterocycles. The first-order valence-corrected chi connectivity index (χ1v) is 6.60. The first-order chi connectivity index (χ1) is 8.97. The summed E-state index contributed by atoms with van der Waals surface area (Å²) >= 11 is 3.37. The van der Waals surface area contributed by atoms with Crippen molar-refractivity contribution < 1.29 is 9.18 Å². The lowest BCUT2D eigenvalue weighted by atomic mass is 10.1. The van der Waals surface area contributed by atoms with Crippen LogP contribution in [0.3, 0.4) is 0 Å². The summed E-state index contributed by atoms with van der Waals surface area (Å²) in [7, 11) is 0. The second-order valence-corrected chi connectivity index (χ2v) is 5.26. The summed E-state index contributed by atoms with van der Waals surface area (Å²) in [6, 6.07) is 9.87. The van der Waals surface area contributed by atoms with Gasteiger partial charge in [-0.2, -0.15) is 0 Å². The number of benzene rings is 2. The summed E-state index contributed by atoms with van der Waals surface area (Å²) in [6.45, 7) is 3.74. The van der Waals surface area contributed by atoms with Crippen LogP contribution >= 0.6 is 15.9 Å². The van der Waals surface area contributed by atoms with Gasteiger partial charge in [0.15, 0.2) is 0 Å². The van der Waals surface area contributed by atoms with Crippen molar-refractivity contribution in [3.63, 3.8) is 0 Å². The second kappa shape index (κ2) is 5.53. The highest BCUT2D eigenvalue weighted by Crippen LogP contribution is 2.20. The summed E-state index contributed by atoms with van der Waals surface area (Å²) in [6.07, 6.45) is 0. The maximum Gasteiger partial charge on any atom is 0.255 e. The van der Waals surface area contributed by atoms with Crippen molar-refractivity contribution in [2.75, 3.05) is 5.32 Å². The third-order valence-corrected chi connectivity index (χ3v) is 3.68. The van der Waals surface area contributed by atoms with E-state index in [1.807, 2.05) is 13.8 Å². The molecular weight excluding hydrogens is 309 g/mol. The molecule has 0 bridgehead atoms. The van der Waals surface area contributed by atoms with Gasteiger partial charge in [0.25, 0.3) is 5.91 Å². The molecule has 98 valence electrons. The van der Waals surface area contributed by atoms with E-state index in [-0.39, 0.29) is 11.6 Å². The zero-order valence-corrected chi connectivity index (χ0v) is 12.2. The average Bonchev–Trinajstić information content (AvgIpc) is 2.37. The molecule has 1 N–H and O–H groups in total. The fourth-order valence-electron chi connectivity index (χ4n) is 1.72. The van der Waals surface area contributed by atoms with Gasteiger partial charge >= 0.3 is 0 Å². The predicted molar refractivity (Wildman–Crippen MR) is 78.0 cm³/mol. The molecule has 0 fully saturated rings. The Morgan fingerprint density at radius 2 is 1.89 bits per heavy atom. The summed E-state index contributed by atoms with van der Waals surface area (Å²) < 4.78 is 14.5. The molecule has 2 rings (SSSR count). The van der Waals surface area contributed by atoms with Gasteiger partial charge in [0.2, 0.25) is 0 Å². The van der Waals surface area contributed by atoms with Crippen molar-refractivity contribution in [1.29, 1.82) is 0 Å². The number of hydrogen-bond acceptors (Lipinski definition) is 1. The lowest BCUT2D eigenvalue weighted by Gasteiger charge is -2.08. The van der Waals surface area contributed by atoms with Gasteiger partial charge in [0.05, 0.1) is 5.69 Å². The van der Waals surface area contributed by atoms with Crippen molar-refractivity contribution in [1.82, 2.24) is 0 Å². The van der Waals surface area contributed by atoms with Crippen LogP contribution < -0.4 is 5.32 Å². The van der Waals surface area contributed by atoms with Crippen molar-refractivity contribution in [2.45, 2.75) is 13.8 Å². The molecule has 2 aromatic carbocycles. The average molecular weight is 322 g/mol. The third kappa shape index (κ3) is 3.20. The molecular formula is C15H13BrFNO. The molecule has 0 aliphatic carbocycles. The topological polar surface area (TPSA) is 29.1 Å². The molecule has 2 nitrogen and oxygen atoms in total. The molecule has 4 heteroatoms. The first kappa shape index (κ1) is 13.7. The number of anilines is 1. The molecule has 0 atom stereocenters. The standard InChI is InChI=1S/C15H13BrFNO/c1-9-3-6-13(17)14(7-9)18-15(19)11-4-5-12(16)10(2)8-11/h3-8H,1-2H3,(H,18,19). The van der Waals surface area contributed by atoms with Crippen molar-refractivity contribution in [3.05, 3.63) is 63.4 Å². The van der Waals surface area contributed by atoms with Gasteiger partial charge in [-0.3, -0.25) is 4.79 Å². The fraction of sp³-hybridized carbons (Fsp3) is 0.133. The normalized spacial score (nSPS) is 10.3. The Morgan fingerprint density at radius 3 is 2.58 bits per heavy atom. The minimum atomic E-state index is -0.437. The van der Waals surface area contributed by atoms with Crippen LogP contribution in [0.2, 0.25) is 0 Å². The van der Waals surface area contributed by atoms with E-state index in [9.17, 15) is 9.18 Å². The zero-order valence-electron chi connectivity index (χ0n) is 10.6. The molecule has 0 heterocycles. The smallest absolute Gasteiger partial charge is 0.255 e. The zero-order chi connectivity index (χ0) is 14.0. The van der Waals surface area contributed by atoms with Gasteiger partial charge in [0, 0.05) is 10.0 Å². The maximum absolute atomic E-state index is 13.6. The van der Waals surface area contributed by atoms with E-state index in [0.29, 0.717) is 5.56 Å². The number of halogens is 2. The van der Waals surface area contributed by atoms with Gasteiger partial charge in [0.1, 0.15) is 5.82 Å². The number of carbonyl (C=O) groups is 1. The number of amides is 1. The lowest BCUT2D eigenvalue weighted by molar-refractivity contribution is 0.102. The Morgan fingerprint density at radius 1 is 1.16 bits per heavy atom. The van der Waals surface area contributed by atoms with Gasteiger partial charge < -0.3 is 5.32 Å². The monoisotopic (exact) mass is 321 g/mol. The Hall–Kier alpha value is -1.68. The Labute approximate surface area is 119 Å². The lowest BCUT2D eigenvalue weighted by Crippen LogP contribution is -2.13. The van der Waals surface area contributed by atoms with Crippen LogP contribution in [-0.4, -0.2) is 5.91 Å². The molecule has 0 unspecified atom stereocenters. The van der Waals surface area contributed by atoms with E-state index in [1.54, 1.807) is 30.3 Å². The molecule has 0 spiro atoms. The van der Waals surface area contributed by atoms with Crippen LogP contribution in [0.25, 0.3) is 0 Å². The van der Waals surface area contributed by atoms with E-state index >= 15 is 0 Å². The Kier molecular flexibility index (Phi) is 4.00. The number of rotatable bonds is 2. The molecule has 0 saturated heterocycles. The Balaban J connectivity index is 2.25. The van der Waals surface area contributed by atoms with Crippen LogP contribution in [0.15, 0.2) is 40.9 Å². The van der Waals surface area contributed by atoms with Gasteiger partial charge in [-0.1, -0.05) is 22.0 Å². The van der Waals surface area contributed by atoms with Crippen molar-refractivity contribution in [3.8, 4) is 0 Å². The van der Waals surface area contributed by atoms with Gasteiger partial charge in [-0.05, 0) is 55.3 Å². The van der Waals surface area contributed by atoms with E-state index in [2.05, 4.69) is 21.2 Å². The number of hydrogen-bond donors (Lipinski definition) is 1. The van der Waals surface area contributed by atoms with E-state index in [1.165, 1.54) is 6.07 Å². The van der Waals surface area contributed by atoms with Crippen LogP contribution in [0.5, 0.6) is 0 Å². The van der Waals surface area contributed by atoms with Crippen molar-refractivity contribution in [2.24, 2.45) is 0 Å². The highest BCUT2D eigenvalue weighted by atomic mass is 79.9. The fourth-order valence-corrected chi connectivity index (χ4v) is 1.96. The van der Waals surface area contributed by atoms with Gasteiger partial charge in [-0.15, -0.1) is 0 Å². The van der Waals surface area contributed by atoms with Crippen LogP contribution in [0, 0.1) is 19.7 Å². The number of aryl methyl sites for hydroxylation is 2. The minimum Gasteiger partial charge on any atom is -0.319 e. The summed E-state index contributed by atoms with van der Waals surface area (Å²) in [5.41, 5.74) is 2.55. The van der Waals surface area contributed by atoms with E-state index in [0.717, 1.165) is 15.6 Å². The van der Waals surface area contributed by atoms with E-state index in [4.69, 9.17) is 0 Å². The molecule has 0 aliphatic heterocycles. The Bertz CT molecular complexity index is 640.